The van der Waals surface area contributed by atoms with E-state index in [1.165, 1.54) is 17.1 Å². The molecule has 0 saturated carbocycles. The van der Waals surface area contributed by atoms with Crippen molar-refractivity contribution in [2.45, 2.75) is 17.7 Å². The van der Waals surface area contributed by atoms with E-state index in [1.807, 2.05) is 4.90 Å². The van der Waals surface area contributed by atoms with Crippen molar-refractivity contribution >= 4 is 33.0 Å². The molecule has 2 heterocycles. The van der Waals surface area contributed by atoms with E-state index in [0.717, 1.165) is 25.9 Å². The van der Waals surface area contributed by atoms with Gasteiger partial charge in [-0.2, -0.15) is 0 Å². The number of methoxy groups -OCH3 is 1. The van der Waals surface area contributed by atoms with Crippen molar-refractivity contribution in [3.63, 3.8) is 0 Å². The van der Waals surface area contributed by atoms with Crippen LogP contribution in [0.25, 0.3) is 5.69 Å². The summed E-state index contributed by atoms with van der Waals surface area (Å²) in [5.41, 5.74) is 2.48. The van der Waals surface area contributed by atoms with Crippen molar-refractivity contribution in [2.24, 2.45) is 0 Å². The van der Waals surface area contributed by atoms with Crippen LogP contribution in [0.3, 0.4) is 0 Å². The third kappa shape index (κ3) is 5.38. The zero-order valence-electron chi connectivity index (χ0n) is 20.0. The highest BCUT2D eigenvalue weighted by atomic mass is 32.2. The predicted molar refractivity (Wildman–Crippen MR) is 139 cm³/mol. The molecule has 1 aliphatic rings. The Morgan fingerprint density at radius 2 is 1.65 bits per heavy atom. The van der Waals surface area contributed by atoms with Crippen molar-refractivity contribution in [3.8, 4) is 11.4 Å². The number of tetrazole rings is 1. The largest absolute Gasteiger partial charge is 0.497 e. The first kappa shape index (κ1) is 24.3. The van der Waals surface area contributed by atoms with E-state index >= 15 is 0 Å². The van der Waals surface area contributed by atoms with Gasteiger partial charge >= 0.3 is 0 Å². The van der Waals surface area contributed by atoms with Gasteiger partial charge in [-0.1, -0.05) is 0 Å². The molecular weight excluding hydrogens is 494 g/mol. The van der Waals surface area contributed by atoms with Crippen molar-refractivity contribution in [1.82, 2.24) is 20.2 Å². The van der Waals surface area contributed by atoms with E-state index in [2.05, 4.69) is 25.6 Å². The van der Waals surface area contributed by atoms with Crippen LogP contribution in [0.2, 0.25) is 0 Å². The van der Waals surface area contributed by atoms with Gasteiger partial charge in [0.25, 0.3) is 15.9 Å². The zero-order valence-corrected chi connectivity index (χ0v) is 20.9. The van der Waals surface area contributed by atoms with E-state index in [0.29, 0.717) is 34.1 Å². The minimum absolute atomic E-state index is 0.0945. The highest BCUT2D eigenvalue weighted by Crippen LogP contribution is 2.32. The Labute approximate surface area is 214 Å². The topological polar surface area (TPSA) is 131 Å². The fraction of sp³-hybridized carbons (Fsp3) is 0.200. The highest BCUT2D eigenvalue weighted by Gasteiger charge is 2.25. The number of carbonyl (C=O) groups excluding carboxylic acids is 1. The molecule has 3 aromatic carbocycles. The molecule has 12 heteroatoms. The van der Waals surface area contributed by atoms with Crippen LogP contribution in [0.1, 0.15) is 23.2 Å². The molecule has 0 unspecified atom stereocenters. The number of rotatable bonds is 8. The fourth-order valence-electron chi connectivity index (χ4n) is 4.14. The van der Waals surface area contributed by atoms with Gasteiger partial charge in [0.05, 0.1) is 18.5 Å². The summed E-state index contributed by atoms with van der Waals surface area (Å²) in [5.74, 6) is 0.250. The Hall–Kier alpha value is -4.45. The Kier molecular flexibility index (Phi) is 6.73. The van der Waals surface area contributed by atoms with E-state index < -0.39 is 10.0 Å². The molecule has 37 heavy (non-hydrogen) atoms. The quantitative estimate of drug-likeness (QED) is 0.362. The normalized spacial score (nSPS) is 13.4. The van der Waals surface area contributed by atoms with Gasteiger partial charge in [-0.05, 0) is 90.0 Å². The Balaban J connectivity index is 1.41. The molecule has 4 aromatic rings. The molecule has 11 nitrogen and oxygen atoms in total. The number of hydrogen-bond acceptors (Lipinski definition) is 8. The molecule has 0 bridgehead atoms. The molecule has 1 fully saturated rings. The van der Waals surface area contributed by atoms with Crippen LogP contribution in [0, 0.1) is 0 Å². The molecule has 0 radical (unpaired) electrons. The van der Waals surface area contributed by atoms with Gasteiger partial charge in [-0.25, -0.2) is 13.1 Å². The summed E-state index contributed by atoms with van der Waals surface area (Å²) in [6, 6.07) is 18.3. The lowest BCUT2D eigenvalue weighted by atomic mass is 10.2. The maximum absolute atomic E-state index is 13.5. The van der Waals surface area contributed by atoms with Gasteiger partial charge in [0.15, 0.2) is 0 Å². The second-order valence-corrected chi connectivity index (χ2v) is 10.1. The first-order valence-electron chi connectivity index (χ1n) is 11.6. The van der Waals surface area contributed by atoms with E-state index in [4.69, 9.17) is 4.74 Å². The van der Waals surface area contributed by atoms with E-state index in [1.54, 1.807) is 67.8 Å². The minimum Gasteiger partial charge on any atom is -0.497 e. The molecule has 2 N–H and O–H groups in total. The molecule has 1 saturated heterocycles. The third-order valence-corrected chi connectivity index (χ3v) is 7.45. The minimum atomic E-state index is -3.96. The van der Waals surface area contributed by atoms with Gasteiger partial charge in [0, 0.05) is 30.0 Å². The molecule has 1 aromatic heterocycles. The number of hydrogen-bond donors (Lipinski definition) is 2. The standard InChI is InChI=1S/C25H25N7O4S/c1-36-22-11-6-19(7-12-22)28-37(34,35)24-16-20(8-13-23(24)31-14-2-3-15-31)27-25(33)18-4-9-21(10-5-18)32-17-26-29-30-32/h4-13,16-17,28H,2-3,14-15H2,1H3,(H,27,33). The molecule has 0 aliphatic carbocycles. The number of carbonyl (C=O) groups is 1. The zero-order chi connectivity index (χ0) is 25.8. The van der Waals surface area contributed by atoms with Crippen molar-refractivity contribution < 1.29 is 17.9 Å². The maximum atomic E-state index is 13.5. The van der Waals surface area contributed by atoms with Crippen molar-refractivity contribution in [1.29, 1.82) is 0 Å². The van der Waals surface area contributed by atoms with Gasteiger partial charge in [0.1, 0.15) is 17.0 Å². The first-order chi connectivity index (χ1) is 17.9. The lowest BCUT2D eigenvalue weighted by molar-refractivity contribution is 0.102. The number of anilines is 3. The summed E-state index contributed by atoms with van der Waals surface area (Å²) in [4.78, 5) is 15.1. The van der Waals surface area contributed by atoms with Crippen LogP contribution in [0.4, 0.5) is 17.1 Å². The summed E-state index contributed by atoms with van der Waals surface area (Å²) < 4.78 is 36.3. The summed E-state index contributed by atoms with van der Waals surface area (Å²) in [6.07, 6.45) is 3.44. The van der Waals surface area contributed by atoms with Crippen LogP contribution < -0.4 is 19.7 Å². The number of nitrogens with zero attached hydrogens (tertiary/aromatic N) is 5. The summed E-state index contributed by atoms with van der Waals surface area (Å²) in [7, 11) is -2.41. The molecule has 0 spiro atoms. The van der Waals surface area contributed by atoms with Crippen LogP contribution in [0.5, 0.6) is 5.75 Å². The molecular formula is C25H25N7O4S. The van der Waals surface area contributed by atoms with Gasteiger partial charge in [-0.3, -0.25) is 9.52 Å². The number of sulfonamides is 1. The van der Waals surface area contributed by atoms with Gasteiger partial charge in [0.2, 0.25) is 0 Å². The van der Waals surface area contributed by atoms with Crippen LogP contribution >= 0.6 is 0 Å². The number of aromatic nitrogens is 4. The van der Waals surface area contributed by atoms with E-state index in [9.17, 15) is 13.2 Å². The Morgan fingerprint density at radius 1 is 0.946 bits per heavy atom. The molecule has 0 atom stereocenters. The monoisotopic (exact) mass is 519 g/mol. The lowest BCUT2D eigenvalue weighted by Crippen LogP contribution is -2.23. The smallest absolute Gasteiger partial charge is 0.264 e. The van der Waals surface area contributed by atoms with Crippen LogP contribution in [-0.4, -0.2) is 54.7 Å². The molecule has 1 amide bonds. The number of amides is 1. The lowest BCUT2D eigenvalue weighted by Gasteiger charge is -2.22. The molecule has 5 rings (SSSR count). The number of benzene rings is 3. The summed E-state index contributed by atoms with van der Waals surface area (Å²) in [5, 5.41) is 13.8. The third-order valence-electron chi connectivity index (χ3n) is 6.04. The average Bonchev–Trinajstić information content (AvgIpc) is 3.64. The average molecular weight is 520 g/mol. The van der Waals surface area contributed by atoms with Crippen LogP contribution in [-0.2, 0) is 10.0 Å². The summed E-state index contributed by atoms with van der Waals surface area (Å²) in [6.45, 7) is 1.54. The SMILES string of the molecule is COc1ccc(NS(=O)(=O)c2cc(NC(=O)c3ccc(-n4cnnn4)cc3)ccc2N2CCCC2)cc1. The number of ether oxygens (including phenoxy) is 1. The Bertz CT molecular complexity index is 1480. The molecule has 190 valence electrons. The van der Waals surface area contributed by atoms with E-state index in [-0.39, 0.29) is 10.8 Å². The van der Waals surface area contributed by atoms with Gasteiger partial charge in [-0.15, -0.1) is 5.10 Å². The predicted octanol–water partition coefficient (Wildman–Crippen LogP) is 3.32. The highest BCUT2D eigenvalue weighted by molar-refractivity contribution is 7.92. The maximum Gasteiger partial charge on any atom is 0.264 e. The number of nitrogens with one attached hydrogen (secondary N) is 2. The van der Waals surface area contributed by atoms with Crippen LogP contribution in [0.15, 0.2) is 78.0 Å². The Morgan fingerprint density at radius 3 is 2.30 bits per heavy atom. The van der Waals surface area contributed by atoms with Crippen molar-refractivity contribution in [2.75, 3.05) is 35.1 Å². The molecule has 1 aliphatic heterocycles. The second kappa shape index (κ2) is 10.3. The van der Waals surface area contributed by atoms with Crippen molar-refractivity contribution in [3.05, 3.63) is 78.6 Å². The van der Waals surface area contributed by atoms with Gasteiger partial charge < -0.3 is 15.0 Å². The second-order valence-electron chi connectivity index (χ2n) is 8.47. The first-order valence-corrected chi connectivity index (χ1v) is 13.1. The fourth-order valence-corrected chi connectivity index (χ4v) is 5.45. The summed E-state index contributed by atoms with van der Waals surface area (Å²) >= 11 is 0.